The number of hydrogen-bond donors (Lipinski definition) is 1. The van der Waals surface area contributed by atoms with Crippen molar-refractivity contribution in [3.63, 3.8) is 0 Å². The van der Waals surface area contributed by atoms with E-state index in [9.17, 15) is 0 Å². The molecule has 0 fully saturated rings. The molecule has 2 aromatic rings. The molecule has 0 unspecified atom stereocenters. The van der Waals surface area contributed by atoms with Gasteiger partial charge in [-0.2, -0.15) is 0 Å². The van der Waals surface area contributed by atoms with Crippen LogP contribution in [-0.2, 0) is 0 Å². The van der Waals surface area contributed by atoms with Gasteiger partial charge in [0.15, 0.2) is 0 Å². The monoisotopic (exact) mass is 196 g/mol. The van der Waals surface area contributed by atoms with Gasteiger partial charge in [0, 0.05) is 23.0 Å². The maximum Gasteiger partial charge on any atom is 0.0679 e. The Balaban J connectivity index is 2.10. The number of nitrogens with one attached hydrogen (secondary N) is 1. The molecule has 0 saturated heterocycles. The molecule has 0 bridgehead atoms. The largest absolute Gasteiger partial charge is 0.354 e. The van der Waals surface area contributed by atoms with E-state index in [4.69, 9.17) is 0 Å². The van der Waals surface area contributed by atoms with Gasteiger partial charge in [0.25, 0.3) is 0 Å². The number of aromatic amines is 1. The summed E-state index contributed by atoms with van der Waals surface area (Å²) in [7, 11) is 0. The summed E-state index contributed by atoms with van der Waals surface area (Å²) < 4.78 is 0. The molecule has 1 aliphatic heterocycles. The van der Waals surface area contributed by atoms with Crippen molar-refractivity contribution in [2.24, 2.45) is 4.99 Å². The maximum atomic E-state index is 4.50. The fourth-order valence-corrected chi connectivity index (χ4v) is 1.95. The zero-order chi connectivity index (χ0) is 10.3. The Labute approximate surface area is 88.3 Å². The van der Waals surface area contributed by atoms with Crippen molar-refractivity contribution in [2.75, 3.05) is 0 Å². The van der Waals surface area contributed by atoms with Gasteiger partial charge in [-0.3, -0.25) is 4.99 Å². The minimum Gasteiger partial charge on any atom is -0.354 e. The lowest BCUT2D eigenvalue weighted by atomic mass is 10.2. The Kier molecular flexibility index (Phi) is 1.75. The van der Waals surface area contributed by atoms with Crippen LogP contribution in [0.4, 0.5) is 0 Å². The first-order valence-electron chi connectivity index (χ1n) is 5.15. The number of fused-ring (bicyclic) bond motifs is 1. The van der Waals surface area contributed by atoms with Crippen LogP contribution in [0.5, 0.6) is 0 Å². The Morgan fingerprint density at radius 3 is 2.87 bits per heavy atom. The van der Waals surface area contributed by atoms with E-state index in [1.807, 2.05) is 13.0 Å². The molecule has 0 atom stereocenters. The molecular formula is C13H12N2. The topological polar surface area (TPSA) is 28.1 Å². The van der Waals surface area contributed by atoms with Crippen LogP contribution in [0.25, 0.3) is 10.9 Å². The van der Waals surface area contributed by atoms with Gasteiger partial charge in [0.05, 0.1) is 11.4 Å². The van der Waals surface area contributed by atoms with E-state index in [2.05, 4.69) is 40.3 Å². The molecule has 2 heteroatoms. The van der Waals surface area contributed by atoms with Crippen molar-refractivity contribution in [3.05, 3.63) is 47.8 Å². The smallest absolute Gasteiger partial charge is 0.0679 e. The van der Waals surface area contributed by atoms with Crippen molar-refractivity contribution in [3.8, 4) is 0 Å². The van der Waals surface area contributed by atoms with Gasteiger partial charge in [-0.05, 0) is 19.1 Å². The molecule has 0 spiro atoms. The molecule has 0 amide bonds. The quantitative estimate of drug-likeness (QED) is 0.725. The van der Waals surface area contributed by atoms with Crippen LogP contribution in [0.2, 0.25) is 0 Å². The number of rotatable bonds is 1. The molecule has 1 aromatic heterocycles. The van der Waals surface area contributed by atoms with Crippen molar-refractivity contribution in [2.45, 2.75) is 13.3 Å². The summed E-state index contributed by atoms with van der Waals surface area (Å²) in [4.78, 5) is 7.89. The second-order valence-corrected chi connectivity index (χ2v) is 3.88. The average Bonchev–Trinajstić information content (AvgIpc) is 2.82. The third kappa shape index (κ3) is 1.38. The Hall–Kier alpha value is -1.83. The molecule has 1 aliphatic rings. The number of aromatic nitrogens is 1. The summed E-state index contributed by atoms with van der Waals surface area (Å²) in [6, 6.07) is 10.5. The molecule has 0 aliphatic carbocycles. The van der Waals surface area contributed by atoms with Crippen LogP contribution in [0.1, 0.15) is 19.0 Å². The van der Waals surface area contributed by atoms with E-state index < -0.39 is 0 Å². The first kappa shape index (κ1) is 8.48. The van der Waals surface area contributed by atoms with Gasteiger partial charge >= 0.3 is 0 Å². The van der Waals surface area contributed by atoms with Gasteiger partial charge in [-0.25, -0.2) is 0 Å². The SMILES string of the molecule is CC1=CCC(c2cc3ccccc3[nH]2)=N1. The van der Waals surface area contributed by atoms with Crippen LogP contribution >= 0.6 is 0 Å². The molecule has 1 aromatic carbocycles. The van der Waals surface area contributed by atoms with Crippen LogP contribution < -0.4 is 0 Å². The molecule has 2 nitrogen and oxygen atoms in total. The summed E-state index contributed by atoms with van der Waals surface area (Å²) in [5.74, 6) is 0. The first-order chi connectivity index (χ1) is 7.33. The predicted octanol–water partition coefficient (Wildman–Crippen LogP) is 3.26. The minimum atomic E-state index is 0.943. The summed E-state index contributed by atoms with van der Waals surface area (Å²) in [6.45, 7) is 2.04. The number of para-hydroxylation sites is 1. The number of aliphatic imine (C=N–C) groups is 1. The Morgan fingerprint density at radius 2 is 2.13 bits per heavy atom. The number of hydrogen-bond acceptors (Lipinski definition) is 1. The Bertz CT molecular complexity index is 540. The second kappa shape index (κ2) is 3.09. The van der Waals surface area contributed by atoms with E-state index >= 15 is 0 Å². The van der Waals surface area contributed by atoms with E-state index in [1.165, 1.54) is 10.9 Å². The number of nitrogens with zero attached hydrogens (tertiary/aromatic N) is 1. The van der Waals surface area contributed by atoms with Crippen molar-refractivity contribution in [1.29, 1.82) is 0 Å². The number of benzene rings is 1. The van der Waals surface area contributed by atoms with Gasteiger partial charge in [-0.15, -0.1) is 0 Å². The van der Waals surface area contributed by atoms with Crippen molar-refractivity contribution >= 4 is 16.6 Å². The lowest BCUT2D eigenvalue weighted by Crippen LogP contribution is -1.95. The molecule has 15 heavy (non-hydrogen) atoms. The van der Waals surface area contributed by atoms with E-state index in [0.29, 0.717) is 0 Å². The lowest BCUT2D eigenvalue weighted by Gasteiger charge is -1.93. The molecule has 3 rings (SSSR count). The van der Waals surface area contributed by atoms with Crippen LogP contribution in [-0.4, -0.2) is 10.7 Å². The van der Waals surface area contributed by atoms with Gasteiger partial charge < -0.3 is 4.98 Å². The molecule has 74 valence electrons. The molecule has 0 saturated carbocycles. The summed E-state index contributed by atoms with van der Waals surface area (Å²) in [5.41, 5.74) is 4.58. The molecule has 2 heterocycles. The Morgan fingerprint density at radius 1 is 1.27 bits per heavy atom. The predicted molar refractivity (Wildman–Crippen MR) is 63.2 cm³/mol. The van der Waals surface area contributed by atoms with E-state index in [-0.39, 0.29) is 0 Å². The average molecular weight is 196 g/mol. The van der Waals surface area contributed by atoms with Crippen LogP contribution in [0.3, 0.4) is 0 Å². The highest BCUT2D eigenvalue weighted by Gasteiger charge is 2.10. The van der Waals surface area contributed by atoms with Crippen molar-refractivity contribution in [1.82, 2.24) is 4.98 Å². The van der Waals surface area contributed by atoms with Crippen LogP contribution in [0, 0.1) is 0 Å². The van der Waals surface area contributed by atoms with E-state index in [0.717, 1.165) is 23.5 Å². The highest BCUT2D eigenvalue weighted by Crippen LogP contribution is 2.20. The lowest BCUT2D eigenvalue weighted by molar-refractivity contribution is 1.32. The van der Waals surface area contributed by atoms with Gasteiger partial charge in [-0.1, -0.05) is 24.3 Å². The third-order valence-electron chi connectivity index (χ3n) is 2.74. The third-order valence-corrected chi connectivity index (χ3v) is 2.74. The van der Waals surface area contributed by atoms with Gasteiger partial charge in [0.1, 0.15) is 0 Å². The second-order valence-electron chi connectivity index (χ2n) is 3.88. The number of allylic oxidation sites excluding steroid dienone is 2. The van der Waals surface area contributed by atoms with Crippen molar-refractivity contribution < 1.29 is 0 Å². The van der Waals surface area contributed by atoms with Gasteiger partial charge in [0.2, 0.25) is 0 Å². The first-order valence-corrected chi connectivity index (χ1v) is 5.15. The minimum absolute atomic E-state index is 0.943. The standard InChI is InChI=1S/C13H12N2/c1-9-6-7-12(14-9)13-8-10-4-2-3-5-11(10)15-13/h2-6,8,15H,7H2,1H3. The normalized spacial score (nSPS) is 15.5. The highest BCUT2D eigenvalue weighted by molar-refractivity contribution is 6.05. The fraction of sp³-hybridized carbons (Fsp3) is 0.154. The molecule has 1 N–H and O–H groups in total. The summed E-state index contributed by atoms with van der Waals surface area (Å²) in [5, 5.41) is 1.25. The van der Waals surface area contributed by atoms with Crippen LogP contribution in [0.15, 0.2) is 47.1 Å². The zero-order valence-corrected chi connectivity index (χ0v) is 8.62. The summed E-state index contributed by atoms with van der Waals surface area (Å²) in [6.07, 6.45) is 3.10. The molecule has 0 radical (unpaired) electrons. The summed E-state index contributed by atoms with van der Waals surface area (Å²) >= 11 is 0. The maximum absolute atomic E-state index is 4.50. The highest BCUT2D eigenvalue weighted by atomic mass is 14.8. The fourth-order valence-electron chi connectivity index (χ4n) is 1.95. The zero-order valence-electron chi connectivity index (χ0n) is 8.62. The molecular weight excluding hydrogens is 184 g/mol. The van der Waals surface area contributed by atoms with E-state index in [1.54, 1.807) is 0 Å². The number of H-pyrrole nitrogens is 1.